The Morgan fingerprint density at radius 2 is 1.62 bits per heavy atom. The van der Waals surface area contributed by atoms with Crippen LogP contribution in [-0.2, 0) is 0 Å². The first-order chi connectivity index (χ1) is 12.8. The van der Waals surface area contributed by atoms with Crippen LogP contribution < -0.4 is 0 Å². The molecule has 0 amide bonds. The van der Waals surface area contributed by atoms with Crippen molar-refractivity contribution in [3.63, 3.8) is 0 Å². The SMILES string of the molecule is Oc1cccc(-c2cccc(-c3nccc4c3sc3ccccc34)n2)c1. The highest BCUT2D eigenvalue weighted by Gasteiger charge is 2.13. The van der Waals surface area contributed by atoms with Gasteiger partial charge in [0.15, 0.2) is 0 Å². The lowest BCUT2D eigenvalue weighted by atomic mass is 10.1. The largest absolute Gasteiger partial charge is 0.508 e. The van der Waals surface area contributed by atoms with Gasteiger partial charge in [-0.2, -0.15) is 0 Å². The molecule has 0 unspecified atom stereocenters. The number of benzene rings is 2. The van der Waals surface area contributed by atoms with Gasteiger partial charge in [0, 0.05) is 27.2 Å². The van der Waals surface area contributed by atoms with E-state index in [0.29, 0.717) is 0 Å². The third-order valence-corrected chi connectivity index (χ3v) is 5.62. The van der Waals surface area contributed by atoms with Crippen LogP contribution in [0.2, 0.25) is 0 Å². The molecule has 0 aliphatic heterocycles. The second-order valence-electron chi connectivity index (χ2n) is 6.09. The van der Waals surface area contributed by atoms with Gasteiger partial charge in [0.25, 0.3) is 0 Å². The molecule has 0 saturated heterocycles. The molecule has 0 bridgehead atoms. The van der Waals surface area contributed by atoms with Gasteiger partial charge in [-0.1, -0.05) is 36.4 Å². The molecule has 3 nitrogen and oxygen atoms in total. The average molecular weight is 354 g/mol. The predicted molar refractivity (Wildman–Crippen MR) is 107 cm³/mol. The molecule has 124 valence electrons. The van der Waals surface area contributed by atoms with Crippen LogP contribution in [0.3, 0.4) is 0 Å². The number of hydrogen-bond acceptors (Lipinski definition) is 4. The number of fused-ring (bicyclic) bond motifs is 3. The fourth-order valence-electron chi connectivity index (χ4n) is 3.23. The highest BCUT2D eigenvalue weighted by molar-refractivity contribution is 7.26. The summed E-state index contributed by atoms with van der Waals surface area (Å²) in [6.07, 6.45) is 1.85. The van der Waals surface area contributed by atoms with Crippen molar-refractivity contribution < 1.29 is 5.11 Å². The zero-order valence-electron chi connectivity index (χ0n) is 13.8. The highest BCUT2D eigenvalue weighted by Crippen LogP contribution is 2.38. The maximum absolute atomic E-state index is 9.74. The second-order valence-corrected chi connectivity index (χ2v) is 7.15. The van der Waals surface area contributed by atoms with Crippen molar-refractivity contribution in [1.29, 1.82) is 0 Å². The molecule has 2 aromatic carbocycles. The van der Waals surface area contributed by atoms with Crippen molar-refractivity contribution in [2.75, 3.05) is 0 Å². The molecule has 5 aromatic rings. The maximum Gasteiger partial charge on any atom is 0.116 e. The Balaban J connectivity index is 1.72. The monoisotopic (exact) mass is 354 g/mol. The molecule has 3 heterocycles. The van der Waals surface area contributed by atoms with Crippen LogP contribution in [0.4, 0.5) is 0 Å². The maximum atomic E-state index is 9.74. The van der Waals surface area contributed by atoms with E-state index >= 15 is 0 Å². The standard InChI is InChI=1S/C22H14N2OS/c25-15-6-3-5-14(13-15)18-8-4-9-19(24-18)21-22-17(11-12-23-21)16-7-1-2-10-20(16)26-22/h1-13,25H. The number of rotatable bonds is 2. The first kappa shape index (κ1) is 15.0. The number of aromatic nitrogens is 2. The first-order valence-electron chi connectivity index (χ1n) is 8.33. The highest BCUT2D eigenvalue weighted by atomic mass is 32.1. The summed E-state index contributed by atoms with van der Waals surface area (Å²) in [6.45, 7) is 0. The smallest absolute Gasteiger partial charge is 0.116 e. The van der Waals surface area contributed by atoms with Crippen molar-refractivity contribution >= 4 is 31.5 Å². The lowest BCUT2D eigenvalue weighted by molar-refractivity contribution is 0.475. The summed E-state index contributed by atoms with van der Waals surface area (Å²) in [6, 6.07) is 23.5. The molecule has 0 fully saturated rings. The minimum absolute atomic E-state index is 0.236. The molecule has 0 spiro atoms. The quantitative estimate of drug-likeness (QED) is 0.430. The van der Waals surface area contributed by atoms with E-state index in [-0.39, 0.29) is 5.75 Å². The van der Waals surface area contributed by atoms with Crippen molar-refractivity contribution in [1.82, 2.24) is 9.97 Å². The van der Waals surface area contributed by atoms with Gasteiger partial charge in [0.05, 0.1) is 16.1 Å². The number of aromatic hydroxyl groups is 1. The van der Waals surface area contributed by atoms with Gasteiger partial charge in [-0.15, -0.1) is 11.3 Å². The fraction of sp³-hybridized carbons (Fsp3) is 0. The number of phenolic OH excluding ortho intramolecular Hbond substituents is 1. The van der Waals surface area contributed by atoms with Crippen LogP contribution in [0.25, 0.3) is 42.8 Å². The van der Waals surface area contributed by atoms with Crippen LogP contribution in [0, 0.1) is 0 Å². The summed E-state index contributed by atoms with van der Waals surface area (Å²) >= 11 is 1.74. The summed E-state index contributed by atoms with van der Waals surface area (Å²) in [7, 11) is 0. The van der Waals surface area contributed by atoms with Crippen molar-refractivity contribution in [2.45, 2.75) is 0 Å². The Hall–Kier alpha value is -3.24. The zero-order valence-corrected chi connectivity index (χ0v) is 14.6. The van der Waals surface area contributed by atoms with Crippen molar-refractivity contribution in [3.8, 4) is 28.4 Å². The number of pyridine rings is 2. The molecule has 0 radical (unpaired) electrons. The molecule has 0 atom stereocenters. The van der Waals surface area contributed by atoms with Crippen LogP contribution in [0.15, 0.2) is 79.0 Å². The van der Waals surface area contributed by atoms with E-state index in [9.17, 15) is 5.11 Å². The van der Waals surface area contributed by atoms with Crippen LogP contribution in [-0.4, -0.2) is 15.1 Å². The van der Waals surface area contributed by atoms with Gasteiger partial charge in [0.2, 0.25) is 0 Å². The normalized spacial score (nSPS) is 11.2. The molecular weight excluding hydrogens is 340 g/mol. The minimum Gasteiger partial charge on any atom is -0.508 e. The molecule has 1 N–H and O–H groups in total. The van der Waals surface area contributed by atoms with Gasteiger partial charge in [-0.05, 0) is 36.4 Å². The minimum atomic E-state index is 0.236. The summed E-state index contributed by atoms with van der Waals surface area (Å²) in [5, 5.41) is 12.2. The second kappa shape index (κ2) is 5.93. The van der Waals surface area contributed by atoms with Gasteiger partial charge in [0.1, 0.15) is 11.4 Å². The molecule has 26 heavy (non-hydrogen) atoms. The van der Waals surface area contributed by atoms with E-state index in [0.717, 1.165) is 27.3 Å². The predicted octanol–water partition coefficient (Wildman–Crippen LogP) is 5.88. The Kier molecular flexibility index (Phi) is 3.43. The van der Waals surface area contributed by atoms with Crippen molar-refractivity contribution in [2.24, 2.45) is 0 Å². The third kappa shape index (κ3) is 2.43. The Labute approximate surface area is 154 Å². The van der Waals surface area contributed by atoms with E-state index in [1.54, 1.807) is 23.5 Å². The van der Waals surface area contributed by atoms with Crippen molar-refractivity contribution in [3.05, 3.63) is 79.0 Å². The lowest BCUT2D eigenvalue weighted by Gasteiger charge is -2.06. The topological polar surface area (TPSA) is 46.0 Å². The van der Waals surface area contributed by atoms with E-state index < -0.39 is 0 Å². The van der Waals surface area contributed by atoms with Gasteiger partial charge < -0.3 is 5.11 Å². The third-order valence-electron chi connectivity index (χ3n) is 4.43. The Bertz CT molecular complexity index is 1260. The molecular formula is C22H14N2OS. The van der Waals surface area contributed by atoms with E-state index in [1.807, 2.05) is 36.5 Å². The van der Waals surface area contributed by atoms with Gasteiger partial charge in [-0.3, -0.25) is 4.98 Å². The summed E-state index contributed by atoms with van der Waals surface area (Å²) in [4.78, 5) is 9.43. The van der Waals surface area contributed by atoms with Gasteiger partial charge >= 0.3 is 0 Å². The van der Waals surface area contributed by atoms with E-state index in [1.165, 1.54) is 15.5 Å². The number of phenols is 1. The van der Waals surface area contributed by atoms with Crippen LogP contribution in [0.1, 0.15) is 0 Å². The fourth-order valence-corrected chi connectivity index (χ4v) is 4.42. The number of nitrogens with zero attached hydrogens (tertiary/aromatic N) is 2. The van der Waals surface area contributed by atoms with E-state index in [4.69, 9.17) is 4.98 Å². The average Bonchev–Trinajstić information content (AvgIpc) is 3.07. The number of hydrogen-bond donors (Lipinski definition) is 1. The molecule has 3 aromatic heterocycles. The number of thiophene rings is 1. The Morgan fingerprint density at radius 3 is 2.54 bits per heavy atom. The molecule has 4 heteroatoms. The Morgan fingerprint density at radius 1 is 0.769 bits per heavy atom. The molecule has 0 saturated carbocycles. The van der Waals surface area contributed by atoms with Gasteiger partial charge in [-0.25, -0.2) is 4.98 Å². The van der Waals surface area contributed by atoms with Crippen LogP contribution in [0.5, 0.6) is 5.75 Å². The lowest BCUT2D eigenvalue weighted by Crippen LogP contribution is -1.90. The summed E-state index contributed by atoms with van der Waals surface area (Å²) < 4.78 is 2.40. The van der Waals surface area contributed by atoms with Crippen LogP contribution >= 0.6 is 11.3 Å². The summed E-state index contributed by atoms with van der Waals surface area (Å²) in [5.41, 5.74) is 3.43. The molecule has 5 rings (SSSR count). The first-order valence-corrected chi connectivity index (χ1v) is 9.14. The van der Waals surface area contributed by atoms with E-state index in [2.05, 4.69) is 35.3 Å². The zero-order chi connectivity index (χ0) is 17.5. The molecule has 0 aliphatic rings. The summed E-state index contributed by atoms with van der Waals surface area (Å²) in [5.74, 6) is 0.236. The molecule has 0 aliphatic carbocycles.